The second kappa shape index (κ2) is 23.7. The van der Waals surface area contributed by atoms with Gasteiger partial charge in [-0.1, -0.05) is 129 Å². The van der Waals surface area contributed by atoms with Crippen LogP contribution in [0.3, 0.4) is 0 Å². The Kier molecular flexibility index (Phi) is 19.6. The van der Waals surface area contributed by atoms with E-state index in [1.54, 1.807) is 0 Å². The molecule has 2 nitrogen and oxygen atoms in total. The van der Waals surface area contributed by atoms with E-state index in [2.05, 4.69) is 61.2 Å². The monoisotopic (exact) mass is 652 g/mol. The third-order valence-electron chi connectivity index (χ3n) is 10.9. The predicted molar refractivity (Wildman–Crippen MR) is 208 cm³/mol. The van der Waals surface area contributed by atoms with E-state index in [-0.39, 0.29) is 0 Å². The zero-order valence-corrected chi connectivity index (χ0v) is 31.6. The number of unbranched alkanes of at least 4 members (excludes halogenated alkanes) is 9. The number of fused-ring (bicyclic) bond motifs is 1. The fraction of sp³-hybridized carbons (Fsp3) is 0.652. The number of aromatic nitrogens is 1. The zero-order chi connectivity index (χ0) is 34.4. The van der Waals surface area contributed by atoms with Crippen LogP contribution >= 0.6 is 0 Å². The van der Waals surface area contributed by atoms with Gasteiger partial charge in [0.05, 0.1) is 5.69 Å². The number of pyridine rings is 1. The van der Waals surface area contributed by atoms with Gasteiger partial charge < -0.3 is 0 Å². The van der Waals surface area contributed by atoms with Crippen molar-refractivity contribution in [1.29, 1.82) is 0 Å². The van der Waals surface area contributed by atoms with E-state index in [9.17, 15) is 4.79 Å². The van der Waals surface area contributed by atoms with Crippen molar-refractivity contribution in [3.8, 4) is 11.8 Å². The van der Waals surface area contributed by atoms with Crippen molar-refractivity contribution in [2.45, 2.75) is 175 Å². The van der Waals surface area contributed by atoms with Gasteiger partial charge in [0, 0.05) is 41.2 Å². The van der Waals surface area contributed by atoms with Gasteiger partial charge in [0.25, 0.3) is 0 Å². The lowest BCUT2D eigenvalue weighted by molar-refractivity contribution is -0.129. The summed E-state index contributed by atoms with van der Waals surface area (Å²) in [4.78, 5) is 18.1. The van der Waals surface area contributed by atoms with Crippen LogP contribution in [0.25, 0.3) is 12.2 Å². The summed E-state index contributed by atoms with van der Waals surface area (Å²) in [6, 6.07) is 11.1. The molecule has 5 rings (SSSR count). The number of aryl methyl sites for hydroxylation is 1. The van der Waals surface area contributed by atoms with Crippen LogP contribution in [0.4, 0.5) is 0 Å². The molecule has 0 spiro atoms. The van der Waals surface area contributed by atoms with Crippen molar-refractivity contribution in [3.05, 3.63) is 63.8 Å². The van der Waals surface area contributed by atoms with Crippen LogP contribution in [-0.4, -0.2) is 10.8 Å². The van der Waals surface area contributed by atoms with Crippen molar-refractivity contribution in [1.82, 2.24) is 4.98 Å². The summed E-state index contributed by atoms with van der Waals surface area (Å²) in [6.07, 6.45) is 32.5. The Morgan fingerprint density at radius 2 is 1.31 bits per heavy atom. The van der Waals surface area contributed by atoms with Crippen LogP contribution in [0.15, 0.2) is 36.5 Å². The Hall–Kier alpha value is -2.66. The van der Waals surface area contributed by atoms with Crippen LogP contribution in [0.1, 0.15) is 186 Å². The quantitative estimate of drug-likeness (QED) is 0.134. The minimum Gasteiger partial charge on any atom is -0.299 e. The minimum absolute atomic E-state index is 0.292. The molecule has 48 heavy (non-hydrogen) atoms. The number of carbonyl (C=O) groups is 1. The van der Waals surface area contributed by atoms with E-state index in [0.717, 1.165) is 62.8 Å². The van der Waals surface area contributed by atoms with E-state index >= 15 is 0 Å². The maximum Gasteiger partial charge on any atom is 0.139 e. The molecule has 0 unspecified atom stereocenters. The Morgan fingerprint density at radius 1 is 0.708 bits per heavy atom. The van der Waals surface area contributed by atoms with Crippen LogP contribution in [0, 0.1) is 29.6 Å². The highest BCUT2D eigenvalue weighted by molar-refractivity contribution is 5.83. The van der Waals surface area contributed by atoms with Crippen LogP contribution in [0.5, 0.6) is 0 Å². The molecular formula is C46H69NO. The molecule has 0 amide bonds. The number of benzene rings is 1. The fourth-order valence-corrected chi connectivity index (χ4v) is 7.99. The lowest BCUT2D eigenvalue weighted by Gasteiger charge is -2.33. The molecular weight excluding hydrogens is 583 g/mol. The third kappa shape index (κ3) is 13.0. The first-order valence-corrected chi connectivity index (χ1v) is 20.5. The van der Waals surface area contributed by atoms with Crippen molar-refractivity contribution in [2.24, 2.45) is 17.8 Å². The molecule has 2 aromatic rings. The Balaban J connectivity index is 0.00000151. The molecule has 0 saturated heterocycles. The molecule has 0 bridgehead atoms. The smallest absolute Gasteiger partial charge is 0.139 e. The molecule has 2 saturated carbocycles. The number of hydrogen-bond donors (Lipinski definition) is 0. The van der Waals surface area contributed by atoms with Gasteiger partial charge >= 0.3 is 0 Å². The van der Waals surface area contributed by atoms with Crippen LogP contribution < -0.4 is 10.4 Å². The van der Waals surface area contributed by atoms with Crippen LogP contribution in [0.2, 0.25) is 0 Å². The predicted octanol–water partition coefficient (Wildman–Crippen LogP) is 11.7. The SMILES string of the molecule is CC.CC.CCCCCCCCCCCC#Cc1ccc(CCCC2CCC(C(=O)C3CCC(c4nccc5c4=CC=5)CC3)CC2)cc1. The van der Waals surface area contributed by atoms with Crippen molar-refractivity contribution in [2.75, 3.05) is 0 Å². The van der Waals surface area contributed by atoms with Gasteiger partial charge in [0.2, 0.25) is 0 Å². The molecule has 1 aromatic heterocycles. The molecule has 0 N–H and O–H groups in total. The summed E-state index contributed by atoms with van der Waals surface area (Å²) < 4.78 is 0. The molecule has 1 aromatic carbocycles. The standard InChI is InChI=1S/C42H57NO.2C2H6/c1-2-3-4-5-6-7-8-9-10-11-12-14-33-17-19-34(20-18-33)15-13-16-35-21-23-38(24-22-35)42(44)39-27-25-37(26-28-39)41-40-30-29-36(40)31-32-43-41;2*1-2/h17-20,29-32,35,37-39H,2-11,13,15-16,21-28H2,1H3;2*1-2H3. The van der Waals surface area contributed by atoms with Gasteiger partial charge in [-0.25, -0.2) is 0 Å². The Labute approximate surface area is 295 Å². The van der Waals surface area contributed by atoms with E-state index in [4.69, 9.17) is 4.98 Å². The summed E-state index contributed by atoms with van der Waals surface area (Å²) in [5, 5.41) is 2.68. The average molecular weight is 652 g/mol. The molecule has 3 aliphatic rings. The van der Waals surface area contributed by atoms with E-state index < -0.39 is 0 Å². The van der Waals surface area contributed by atoms with Gasteiger partial charge in [-0.2, -0.15) is 0 Å². The van der Waals surface area contributed by atoms with E-state index in [0.29, 0.717) is 23.5 Å². The highest BCUT2D eigenvalue weighted by Crippen LogP contribution is 2.39. The van der Waals surface area contributed by atoms with Crippen molar-refractivity contribution < 1.29 is 4.79 Å². The molecule has 0 aliphatic heterocycles. The van der Waals surface area contributed by atoms with Gasteiger partial charge in [0.15, 0.2) is 0 Å². The summed E-state index contributed by atoms with van der Waals surface area (Å²) in [5.74, 6) is 9.31. The van der Waals surface area contributed by atoms with Crippen LogP contribution in [-0.2, 0) is 11.2 Å². The number of Topliss-reactive ketones (excluding diaryl/α,β-unsaturated/α-hetero) is 1. The fourth-order valence-electron chi connectivity index (χ4n) is 7.99. The number of nitrogens with zero attached hydrogens (tertiary/aromatic N) is 1. The third-order valence-corrected chi connectivity index (χ3v) is 10.9. The number of carbonyl (C=O) groups excluding carboxylic acids is 1. The molecule has 264 valence electrons. The van der Waals surface area contributed by atoms with Gasteiger partial charge in [-0.3, -0.25) is 9.78 Å². The molecule has 3 aliphatic carbocycles. The highest BCUT2D eigenvalue weighted by atomic mass is 16.1. The van der Waals surface area contributed by atoms with E-state index in [1.165, 1.54) is 105 Å². The average Bonchev–Trinajstić information content (AvgIpc) is 3.13. The topological polar surface area (TPSA) is 30.0 Å². The number of rotatable bonds is 16. The summed E-state index contributed by atoms with van der Waals surface area (Å²) >= 11 is 0. The summed E-state index contributed by atoms with van der Waals surface area (Å²) in [5.41, 5.74) is 3.87. The first-order valence-electron chi connectivity index (χ1n) is 20.5. The molecule has 1 heterocycles. The number of hydrogen-bond acceptors (Lipinski definition) is 2. The maximum atomic E-state index is 13.4. The van der Waals surface area contributed by atoms with Gasteiger partial charge in [-0.05, 0) is 106 Å². The first kappa shape index (κ1) is 39.8. The maximum absolute atomic E-state index is 13.4. The van der Waals surface area contributed by atoms with Crippen molar-refractivity contribution in [3.63, 3.8) is 0 Å². The van der Waals surface area contributed by atoms with Gasteiger partial charge in [0.1, 0.15) is 5.78 Å². The second-order valence-corrected chi connectivity index (χ2v) is 14.2. The Bertz CT molecular complexity index is 1340. The molecule has 0 radical (unpaired) electrons. The lowest BCUT2D eigenvalue weighted by Crippen LogP contribution is -2.37. The normalized spacial score (nSPS) is 20.9. The summed E-state index contributed by atoms with van der Waals surface area (Å²) in [7, 11) is 0. The molecule has 2 fully saturated rings. The first-order chi connectivity index (χ1) is 23.7. The van der Waals surface area contributed by atoms with Gasteiger partial charge in [-0.15, -0.1) is 0 Å². The molecule has 2 heteroatoms. The molecule has 0 atom stereocenters. The highest BCUT2D eigenvalue weighted by Gasteiger charge is 2.34. The lowest BCUT2D eigenvalue weighted by atomic mass is 9.71. The second-order valence-electron chi connectivity index (χ2n) is 14.2. The minimum atomic E-state index is 0.292. The summed E-state index contributed by atoms with van der Waals surface area (Å²) in [6.45, 7) is 10.3. The van der Waals surface area contributed by atoms with E-state index in [1.807, 2.05) is 33.9 Å². The zero-order valence-electron chi connectivity index (χ0n) is 31.6. The van der Waals surface area contributed by atoms with Crippen molar-refractivity contribution >= 4 is 17.9 Å². The largest absolute Gasteiger partial charge is 0.299 e. The Morgan fingerprint density at radius 3 is 1.92 bits per heavy atom. The number of ketones is 1.